The second-order valence-electron chi connectivity index (χ2n) is 10.3. The third-order valence-electron chi connectivity index (χ3n) is 6.95. The average molecular weight is 624 g/mol. The highest BCUT2D eigenvalue weighted by atomic mass is 35.5. The van der Waals surface area contributed by atoms with Crippen molar-refractivity contribution in [1.82, 2.24) is 29.0 Å². The molecule has 0 saturated carbocycles. The summed E-state index contributed by atoms with van der Waals surface area (Å²) in [5, 5.41) is 9.04. The lowest BCUT2D eigenvalue weighted by atomic mass is 10.0. The maximum atomic E-state index is 13.6. The Hall–Kier alpha value is -4.33. The van der Waals surface area contributed by atoms with E-state index >= 15 is 0 Å². The molecule has 0 aliphatic rings. The van der Waals surface area contributed by atoms with E-state index in [0.717, 1.165) is 28.3 Å². The SMILES string of the molecule is COCCn1ncc2cc(-c3nc4c([C@@H](C)Nc5ccc(Cl)nc5C(=O)NS(C)(=O)=O)cc(C)cc4c(=O)n3C)ccc21. The average Bonchev–Trinajstić information content (AvgIpc) is 3.35. The molecule has 2 N–H and O–H groups in total. The molecule has 12 nitrogen and oxygen atoms in total. The first-order valence-electron chi connectivity index (χ1n) is 13.3. The van der Waals surface area contributed by atoms with Gasteiger partial charge in [-0.1, -0.05) is 17.7 Å². The van der Waals surface area contributed by atoms with Gasteiger partial charge in [0.15, 0.2) is 5.69 Å². The molecule has 0 spiro atoms. The second kappa shape index (κ2) is 11.7. The lowest BCUT2D eigenvalue weighted by Gasteiger charge is -2.20. The molecular weight excluding hydrogens is 594 g/mol. The Morgan fingerprint density at radius 3 is 2.63 bits per heavy atom. The fourth-order valence-corrected chi connectivity index (χ4v) is 5.56. The van der Waals surface area contributed by atoms with Gasteiger partial charge in [-0.3, -0.25) is 18.8 Å². The number of aryl methyl sites for hydroxylation is 1. The van der Waals surface area contributed by atoms with Crippen molar-refractivity contribution in [1.29, 1.82) is 0 Å². The van der Waals surface area contributed by atoms with Crippen LogP contribution in [0.4, 0.5) is 5.69 Å². The molecule has 0 aliphatic carbocycles. The van der Waals surface area contributed by atoms with Gasteiger partial charge in [0.2, 0.25) is 10.0 Å². The van der Waals surface area contributed by atoms with E-state index in [1.54, 1.807) is 32.5 Å². The van der Waals surface area contributed by atoms with Crippen LogP contribution in [-0.4, -0.2) is 58.6 Å². The van der Waals surface area contributed by atoms with E-state index in [4.69, 9.17) is 21.3 Å². The third kappa shape index (κ3) is 6.24. The number of carbonyl (C=O) groups is 1. The van der Waals surface area contributed by atoms with E-state index in [9.17, 15) is 18.0 Å². The van der Waals surface area contributed by atoms with E-state index in [-0.39, 0.29) is 22.1 Å². The molecule has 5 rings (SSSR count). The summed E-state index contributed by atoms with van der Waals surface area (Å²) in [6.45, 7) is 4.87. The Morgan fingerprint density at radius 2 is 1.91 bits per heavy atom. The molecule has 0 bridgehead atoms. The van der Waals surface area contributed by atoms with Crippen LogP contribution in [0.5, 0.6) is 0 Å². The Kier molecular flexibility index (Phi) is 8.23. The van der Waals surface area contributed by atoms with E-state index in [2.05, 4.69) is 15.4 Å². The van der Waals surface area contributed by atoms with Crippen LogP contribution < -0.4 is 15.6 Å². The molecule has 43 heavy (non-hydrogen) atoms. The number of pyridine rings is 1. The lowest BCUT2D eigenvalue weighted by molar-refractivity contribution is 0.0977. The quantitative estimate of drug-likeness (QED) is 0.234. The van der Waals surface area contributed by atoms with Crippen LogP contribution in [0.3, 0.4) is 0 Å². The van der Waals surface area contributed by atoms with Gasteiger partial charge in [0.25, 0.3) is 11.5 Å². The van der Waals surface area contributed by atoms with Gasteiger partial charge in [0, 0.05) is 30.7 Å². The van der Waals surface area contributed by atoms with Crippen LogP contribution in [0, 0.1) is 6.92 Å². The summed E-state index contributed by atoms with van der Waals surface area (Å²) in [7, 11) is -0.513. The van der Waals surface area contributed by atoms with Crippen LogP contribution in [0.2, 0.25) is 5.15 Å². The van der Waals surface area contributed by atoms with Gasteiger partial charge < -0.3 is 10.1 Å². The molecule has 0 radical (unpaired) electrons. The first-order chi connectivity index (χ1) is 20.4. The highest BCUT2D eigenvalue weighted by Gasteiger charge is 2.22. The number of aromatic nitrogens is 5. The normalized spacial score (nSPS) is 12.5. The van der Waals surface area contributed by atoms with E-state index < -0.39 is 22.0 Å². The number of carbonyl (C=O) groups excluding carboxylic acids is 1. The van der Waals surface area contributed by atoms with Gasteiger partial charge in [-0.15, -0.1) is 0 Å². The van der Waals surface area contributed by atoms with Gasteiger partial charge in [0.1, 0.15) is 11.0 Å². The number of sulfonamides is 1. The number of rotatable bonds is 9. The number of halogens is 1. The predicted molar refractivity (Wildman–Crippen MR) is 166 cm³/mol. The number of amides is 1. The molecule has 3 heterocycles. The molecule has 3 aromatic heterocycles. The van der Waals surface area contributed by atoms with E-state index in [0.29, 0.717) is 35.4 Å². The maximum Gasteiger partial charge on any atom is 0.285 e. The molecule has 1 atom stereocenters. The van der Waals surface area contributed by atoms with Crippen molar-refractivity contribution >= 4 is 55.0 Å². The number of fused-ring (bicyclic) bond motifs is 2. The van der Waals surface area contributed by atoms with Gasteiger partial charge >= 0.3 is 0 Å². The Balaban J connectivity index is 1.59. The van der Waals surface area contributed by atoms with Crippen molar-refractivity contribution < 1.29 is 17.9 Å². The highest BCUT2D eigenvalue weighted by Crippen LogP contribution is 2.30. The van der Waals surface area contributed by atoms with Crippen molar-refractivity contribution in [3.8, 4) is 11.4 Å². The van der Waals surface area contributed by atoms with Crippen LogP contribution >= 0.6 is 11.6 Å². The number of nitrogens with one attached hydrogen (secondary N) is 2. The van der Waals surface area contributed by atoms with Crippen LogP contribution in [0.25, 0.3) is 33.2 Å². The lowest BCUT2D eigenvalue weighted by Crippen LogP contribution is -2.31. The summed E-state index contributed by atoms with van der Waals surface area (Å²) in [5.41, 5.74) is 3.57. The maximum absolute atomic E-state index is 13.6. The standard InChI is InChI=1S/C29H30ClN7O5S/c1-16-12-20(17(2)32-22-7-9-24(30)33-26(22)28(38)35-43(5,40)41)25-21(13-16)29(39)36(3)27(34-25)18-6-8-23-19(14-18)15-31-37(23)10-11-42-4/h6-9,12-15,17,32H,10-11H2,1-5H3,(H,35,38)/t17-/m1/s1. The van der Waals surface area contributed by atoms with Crippen LogP contribution in [0.15, 0.2) is 53.5 Å². The number of hydrogen-bond acceptors (Lipinski definition) is 9. The van der Waals surface area contributed by atoms with Crippen molar-refractivity contribution in [3.63, 3.8) is 0 Å². The van der Waals surface area contributed by atoms with Gasteiger partial charge in [-0.2, -0.15) is 5.10 Å². The second-order valence-corrected chi connectivity index (χ2v) is 12.4. The topological polar surface area (TPSA) is 150 Å². The number of methoxy groups -OCH3 is 1. The Labute approximate surface area is 252 Å². The highest BCUT2D eigenvalue weighted by molar-refractivity contribution is 7.89. The van der Waals surface area contributed by atoms with Crippen molar-refractivity contribution in [2.75, 3.05) is 25.3 Å². The Morgan fingerprint density at radius 1 is 1.14 bits per heavy atom. The summed E-state index contributed by atoms with van der Waals surface area (Å²) < 4.78 is 33.9. The van der Waals surface area contributed by atoms with Crippen LogP contribution in [-0.2, 0) is 28.4 Å². The molecule has 14 heteroatoms. The monoisotopic (exact) mass is 623 g/mol. The van der Waals surface area contributed by atoms with Crippen LogP contribution in [0.1, 0.15) is 34.6 Å². The molecular formula is C29H30ClN7O5S. The molecule has 0 saturated heterocycles. The molecule has 0 fully saturated rings. The van der Waals surface area contributed by atoms with Gasteiger partial charge in [0.05, 0.1) is 53.8 Å². The van der Waals surface area contributed by atoms with Gasteiger partial charge in [-0.25, -0.2) is 23.1 Å². The zero-order chi connectivity index (χ0) is 31.1. The minimum absolute atomic E-state index is 0.0221. The fourth-order valence-electron chi connectivity index (χ4n) is 4.98. The largest absolute Gasteiger partial charge is 0.383 e. The van der Waals surface area contributed by atoms with Crippen molar-refractivity contribution in [3.05, 3.63) is 81.0 Å². The smallest absolute Gasteiger partial charge is 0.285 e. The van der Waals surface area contributed by atoms with Crippen molar-refractivity contribution in [2.24, 2.45) is 7.05 Å². The summed E-state index contributed by atoms with van der Waals surface area (Å²) in [4.78, 5) is 35.4. The number of nitrogens with zero attached hydrogens (tertiary/aromatic N) is 5. The molecule has 2 aromatic carbocycles. The third-order valence-corrected chi connectivity index (χ3v) is 7.72. The number of hydrogen-bond donors (Lipinski definition) is 2. The molecule has 5 aromatic rings. The molecule has 0 aliphatic heterocycles. The first-order valence-corrected chi connectivity index (χ1v) is 15.5. The minimum atomic E-state index is -3.84. The minimum Gasteiger partial charge on any atom is -0.383 e. The zero-order valence-corrected chi connectivity index (χ0v) is 25.7. The van der Waals surface area contributed by atoms with Crippen molar-refractivity contribution in [2.45, 2.75) is 26.4 Å². The zero-order valence-electron chi connectivity index (χ0n) is 24.2. The molecule has 0 unspecified atom stereocenters. The number of ether oxygens (including phenoxy) is 1. The summed E-state index contributed by atoms with van der Waals surface area (Å²) >= 11 is 6.03. The molecule has 224 valence electrons. The summed E-state index contributed by atoms with van der Waals surface area (Å²) in [5.74, 6) is -0.452. The number of benzene rings is 2. The summed E-state index contributed by atoms with van der Waals surface area (Å²) in [6, 6.07) is 12.1. The molecule has 1 amide bonds. The first kappa shape index (κ1) is 30.1. The predicted octanol–water partition coefficient (Wildman–Crippen LogP) is 3.82. The fraction of sp³-hybridized carbons (Fsp3) is 0.276. The number of anilines is 1. The Bertz CT molecular complexity index is 2060. The summed E-state index contributed by atoms with van der Waals surface area (Å²) in [6.07, 6.45) is 2.64. The van der Waals surface area contributed by atoms with E-state index in [1.807, 2.05) is 47.5 Å². The van der Waals surface area contributed by atoms with E-state index in [1.165, 1.54) is 10.6 Å². The van der Waals surface area contributed by atoms with Gasteiger partial charge in [-0.05, 0) is 55.8 Å².